The number of carbonyl (C=O) groups excluding carboxylic acids is 1. The van der Waals surface area contributed by atoms with Crippen LogP contribution in [-0.2, 0) is 6.42 Å². The predicted molar refractivity (Wildman–Crippen MR) is 125 cm³/mol. The highest BCUT2D eigenvalue weighted by Crippen LogP contribution is 2.40. The molecule has 0 saturated heterocycles. The molecule has 2 atom stereocenters. The average molecular weight is 458 g/mol. The van der Waals surface area contributed by atoms with Crippen LogP contribution in [0, 0.1) is 10.1 Å². The van der Waals surface area contributed by atoms with Gasteiger partial charge in [0, 0.05) is 30.1 Å². The fraction of sp³-hybridized carbons (Fsp3) is 0.261. The summed E-state index contributed by atoms with van der Waals surface area (Å²) in [5, 5.41) is 16.2. The first kappa shape index (κ1) is 22.9. The molecule has 0 fully saturated rings. The van der Waals surface area contributed by atoms with Gasteiger partial charge in [-0.1, -0.05) is 42.5 Å². The molecule has 6 nitrogen and oxygen atoms in total. The number of rotatable bonds is 6. The van der Waals surface area contributed by atoms with Gasteiger partial charge in [0.1, 0.15) is 5.56 Å². The number of carbonyl (C=O) groups is 1. The first-order chi connectivity index (χ1) is 14.6. The summed E-state index contributed by atoms with van der Waals surface area (Å²) in [7, 11) is 0. The number of nitro groups is 1. The molecule has 0 aliphatic carbocycles. The van der Waals surface area contributed by atoms with Gasteiger partial charge >= 0.3 is 0 Å². The number of nitro benzene ring substituents is 1. The van der Waals surface area contributed by atoms with Gasteiger partial charge < -0.3 is 5.32 Å². The summed E-state index contributed by atoms with van der Waals surface area (Å²) in [5.74, 6) is -0.417. The summed E-state index contributed by atoms with van der Waals surface area (Å²) in [5.41, 5.74) is 2.54. The molecule has 162 valence electrons. The van der Waals surface area contributed by atoms with Gasteiger partial charge in [-0.3, -0.25) is 19.8 Å². The molecule has 2 heterocycles. The van der Waals surface area contributed by atoms with Gasteiger partial charge in [-0.15, -0.1) is 23.7 Å². The van der Waals surface area contributed by atoms with E-state index in [9.17, 15) is 14.9 Å². The highest BCUT2D eigenvalue weighted by Gasteiger charge is 2.34. The standard InChI is InChI=1S/C23H23N3O3S.ClH/c1-16-15-18-11-14-30-22(18)21(17-7-3-2-4-8-17)25(16)13-12-24-23(27)19-9-5-6-10-20(19)26(28)29;/h2-11,14,16,21H,12-13,15H2,1H3,(H,24,27);1H. The molecular weight excluding hydrogens is 434 g/mol. The Hall–Kier alpha value is -2.74. The van der Waals surface area contributed by atoms with Crippen LogP contribution >= 0.6 is 23.7 Å². The van der Waals surface area contributed by atoms with Crippen LogP contribution in [-0.4, -0.2) is 34.9 Å². The van der Waals surface area contributed by atoms with Crippen molar-refractivity contribution in [1.29, 1.82) is 0 Å². The van der Waals surface area contributed by atoms with E-state index >= 15 is 0 Å². The quantitative estimate of drug-likeness (QED) is 0.424. The number of para-hydroxylation sites is 1. The number of hydrogen-bond acceptors (Lipinski definition) is 5. The maximum Gasteiger partial charge on any atom is 0.282 e. The summed E-state index contributed by atoms with van der Waals surface area (Å²) >= 11 is 1.77. The monoisotopic (exact) mass is 457 g/mol. The SMILES string of the molecule is CC1Cc2ccsc2C(c2ccccc2)N1CCNC(=O)c1ccccc1[N+](=O)[O-].Cl. The summed E-state index contributed by atoms with van der Waals surface area (Å²) in [6, 6.07) is 19.1. The highest BCUT2D eigenvalue weighted by molar-refractivity contribution is 7.10. The number of fused-ring (bicyclic) bond motifs is 1. The number of amides is 1. The average Bonchev–Trinajstić information content (AvgIpc) is 3.22. The van der Waals surface area contributed by atoms with Gasteiger partial charge in [-0.2, -0.15) is 0 Å². The molecular formula is C23H24ClN3O3S. The minimum Gasteiger partial charge on any atom is -0.351 e. The second-order valence-corrected chi connectivity index (χ2v) is 8.39. The molecule has 2 aromatic carbocycles. The lowest BCUT2D eigenvalue weighted by molar-refractivity contribution is -0.385. The van der Waals surface area contributed by atoms with Crippen LogP contribution in [0.2, 0.25) is 0 Å². The molecule has 3 aromatic rings. The van der Waals surface area contributed by atoms with Gasteiger partial charge in [0.25, 0.3) is 11.6 Å². The molecule has 1 N–H and O–H groups in total. The van der Waals surface area contributed by atoms with E-state index in [-0.39, 0.29) is 29.7 Å². The molecule has 2 unspecified atom stereocenters. The van der Waals surface area contributed by atoms with Crippen LogP contribution < -0.4 is 5.32 Å². The zero-order chi connectivity index (χ0) is 21.1. The maximum absolute atomic E-state index is 12.6. The Labute approximate surface area is 191 Å². The van der Waals surface area contributed by atoms with Crippen molar-refractivity contribution in [3.05, 3.63) is 97.7 Å². The van der Waals surface area contributed by atoms with Crippen molar-refractivity contribution in [1.82, 2.24) is 10.2 Å². The van der Waals surface area contributed by atoms with Gasteiger partial charge in [-0.25, -0.2) is 0 Å². The van der Waals surface area contributed by atoms with Gasteiger partial charge in [0.15, 0.2) is 0 Å². The van der Waals surface area contributed by atoms with Crippen LogP contribution in [0.3, 0.4) is 0 Å². The number of hydrogen-bond donors (Lipinski definition) is 1. The van der Waals surface area contributed by atoms with Gasteiger partial charge in [0.2, 0.25) is 0 Å². The lowest BCUT2D eigenvalue weighted by Crippen LogP contribution is -2.45. The van der Waals surface area contributed by atoms with Crippen molar-refractivity contribution in [2.45, 2.75) is 25.4 Å². The molecule has 1 aliphatic rings. The van der Waals surface area contributed by atoms with Crippen molar-refractivity contribution in [2.75, 3.05) is 13.1 Å². The third-order valence-corrected chi connectivity index (χ3v) is 6.57. The van der Waals surface area contributed by atoms with Crippen LogP contribution in [0.4, 0.5) is 5.69 Å². The second-order valence-electron chi connectivity index (χ2n) is 7.44. The summed E-state index contributed by atoms with van der Waals surface area (Å²) < 4.78 is 0. The summed E-state index contributed by atoms with van der Waals surface area (Å²) in [6.07, 6.45) is 0.972. The Morgan fingerprint density at radius 3 is 2.61 bits per heavy atom. The van der Waals surface area contributed by atoms with E-state index in [1.54, 1.807) is 23.5 Å². The molecule has 8 heteroatoms. The van der Waals surface area contributed by atoms with Crippen molar-refractivity contribution in [3.63, 3.8) is 0 Å². The molecule has 1 amide bonds. The topological polar surface area (TPSA) is 75.5 Å². The molecule has 0 spiro atoms. The number of benzene rings is 2. The minimum absolute atomic E-state index is 0. The largest absolute Gasteiger partial charge is 0.351 e. The lowest BCUT2D eigenvalue weighted by atomic mass is 9.91. The van der Waals surface area contributed by atoms with E-state index in [1.807, 2.05) is 6.07 Å². The van der Waals surface area contributed by atoms with Crippen molar-refractivity contribution in [2.24, 2.45) is 0 Å². The Morgan fingerprint density at radius 1 is 1.16 bits per heavy atom. The van der Waals surface area contributed by atoms with E-state index in [4.69, 9.17) is 0 Å². The zero-order valence-electron chi connectivity index (χ0n) is 17.1. The van der Waals surface area contributed by atoms with Gasteiger partial charge in [0.05, 0.1) is 11.0 Å². The maximum atomic E-state index is 12.6. The van der Waals surface area contributed by atoms with Crippen molar-refractivity contribution in [3.8, 4) is 0 Å². The van der Waals surface area contributed by atoms with E-state index in [0.717, 1.165) is 6.42 Å². The number of nitrogens with one attached hydrogen (secondary N) is 1. The normalized spacial score (nSPS) is 18.0. The minimum atomic E-state index is -0.522. The first-order valence-electron chi connectivity index (χ1n) is 9.95. The predicted octanol–water partition coefficient (Wildman–Crippen LogP) is 4.84. The molecule has 1 aliphatic heterocycles. The van der Waals surface area contributed by atoms with Crippen LogP contribution in [0.15, 0.2) is 66.0 Å². The molecule has 31 heavy (non-hydrogen) atoms. The van der Waals surface area contributed by atoms with E-state index < -0.39 is 10.8 Å². The van der Waals surface area contributed by atoms with Crippen LogP contribution in [0.5, 0.6) is 0 Å². The van der Waals surface area contributed by atoms with Crippen LogP contribution in [0.1, 0.15) is 39.3 Å². The molecule has 0 radical (unpaired) electrons. The third kappa shape index (κ3) is 4.79. The first-order valence-corrected chi connectivity index (χ1v) is 10.8. The molecule has 1 aromatic heterocycles. The molecule has 4 rings (SSSR count). The van der Waals surface area contributed by atoms with E-state index in [0.29, 0.717) is 19.1 Å². The summed E-state index contributed by atoms with van der Waals surface area (Å²) in [6.45, 7) is 3.28. The van der Waals surface area contributed by atoms with Crippen molar-refractivity contribution < 1.29 is 9.72 Å². The van der Waals surface area contributed by atoms with Crippen LogP contribution in [0.25, 0.3) is 0 Å². The second kappa shape index (κ2) is 10.0. The van der Waals surface area contributed by atoms with Crippen molar-refractivity contribution >= 4 is 35.3 Å². The Balaban J connectivity index is 0.00000272. The fourth-order valence-corrected chi connectivity index (χ4v) is 5.22. The molecule has 0 saturated carbocycles. The zero-order valence-corrected chi connectivity index (χ0v) is 18.7. The summed E-state index contributed by atoms with van der Waals surface area (Å²) in [4.78, 5) is 27.0. The number of halogens is 1. The fourth-order valence-electron chi connectivity index (χ4n) is 4.14. The smallest absolute Gasteiger partial charge is 0.282 e. The lowest BCUT2D eigenvalue weighted by Gasteiger charge is -2.41. The van der Waals surface area contributed by atoms with E-state index in [1.165, 1.54) is 28.1 Å². The highest BCUT2D eigenvalue weighted by atomic mass is 35.5. The Kier molecular flexibility index (Phi) is 7.43. The molecule has 0 bridgehead atoms. The Bertz CT molecular complexity index is 1060. The van der Waals surface area contributed by atoms with Gasteiger partial charge in [-0.05, 0) is 42.0 Å². The number of nitrogens with zero attached hydrogens (tertiary/aromatic N) is 2. The number of thiophene rings is 1. The van der Waals surface area contributed by atoms with E-state index in [2.05, 4.69) is 52.9 Å². The third-order valence-electron chi connectivity index (χ3n) is 5.56. The Morgan fingerprint density at radius 2 is 1.87 bits per heavy atom.